The van der Waals surface area contributed by atoms with E-state index in [0.29, 0.717) is 0 Å². The summed E-state index contributed by atoms with van der Waals surface area (Å²) in [7, 11) is 0. The van der Waals surface area contributed by atoms with Crippen molar-refractivity contribution in [1.29, 1.82) is 0 Å². The third-order valence-corrected chi connectivity index (χ3v) is 3.64. The van der Waals surface area contributed by atoms with Crippen LogP contribution >= 0.6 is 0 Å². The van der Waals surface area contributed by atoms with E-state index < -0.39 is 0 Å². The summed E-state index contributed by atoms with van der Waals surface area (Å²) in [6.07, 6.45) is 13.0. The Balaban J connectivity index is 0.000000157. The maximum absolute atomic E-state index is 3.78. The first-order valence-corrected chi connectivity index (χ1v) is 8.07. The molecular formula is C22H20N2Ru. The molecule has 2 nitrogen and oxygen atoms in total. The van der Waals surface area contributed by atoms with Gasteiger partial charge in [0, 0.05) is 53.7 Å². The van der Waals surface area contributed by atoms with Crippen molar-refractivity contribution in [1.82, 2.24) is 9.97 Å². The molecule has 0 radical (unpaired) electrons. The Kier molecular flexibility index (Phi) is 7.81. The summed E-state index contributed by atoms with van der Waals surface area (Å²) in [6.45, 7) is 0. The van der Waals surface area contributed by atoms with Crippen LogP contribution in [0.15, 0.2) is 103 Å². The molecule has 1 aliphatic rings. The van der Waals surface area contributed by atoms with Gasteiger partial charge in [-0.25, -0.2) is 0 Å². The van der Waals surface area contributed by atoms with Crippen LogP contribution in [0.1, 0.15) is 6.42 Å². The molecule has 2 aromatic carbocycles. The Morgan fingerprint density at radius 3 is 1.52 bits per heavy atom. The van der Waals surface area contributed by atoms with E-state index in [-0.39, 0.29) is 19.5 Å². The number of pyridine rings is 1. The summed E-state index contributed by atoms with van der Waals surface area (Å²) >= 11 is 0. The van der Waals surface area contributed by atoms with Gasteiger partial charge in [-0.3, -0.25) is 4.98 Å². The Labute approximate surface area is 161 Å². The summed E-state index contributed by atoms with van der Waals surface area (Å²) in [5.41, 5.74) is 2.42. The number of aromatic nitrogens is 2. The zero-order valence-corrected chi connectivity index (χ0v) is 15.6. The Morgan fingerprint density at radius 2 is 1.16 bits per heavy atom. The molecule has 2 aromatic heterocycles. The molecule has 3 heteroatoms. The molecule has 0 atom stereocenters. The second-order valence-electron chi connectivity index (χ2n) is 5.33. The minimum atomic E-state index is 0. The molecule has 126 valence electrons. The van der Waals surface area contributed by atoms with Crippen molar-refractivity contribution in [3.05, 3.63) is 103 Å². The van der Waals surface area contributed by atoms with Gasteiger partial charge >= 0.3 is 0 Å². The van der Waals surface area contributed by atoms with Crippen molar-refractivity contribution in [3.8, 4) is 0 Å². The van der Waals surface area contributed by atoms with Crippen LogP contribution in [-0.2, 0) is 19.5 Å². The number of benzene rings is 2. The largest absolute Gasteiger partial charge is 0.355 e. The van der Waals surface area contributed by atoms with Gasteiger partial charge in [-0.1, -0.05) is 66.8 Å². The minimum absolute atomic E-state index is 0. The average molecular weight is 413 g/mol. The smallest absolute Gasteiger partial charge is 0.0464 e. The maximum atomic E-state index is 3.78. The van der Waals surface area contributed by atoms with Gasteiger partial charge in [0.05, 0.1) is 0 Å². The molecule has 0 amide bonds. The first-order valence-electron chi connectivity index (χ1n) is 8.07. The number of nitrogens with zero attached hydrogens (tertiary/aromatic N) is 1. The number of aromatic amines is 1. The van der Waals surface area contributed by atoms with Crippen molar-refractivity contribution in [2.75, 3.05) is 0 Å². The zero-order valence-electron chi connectivity index (χ0n) is 13.8. The third-order valence-electron chi connectivity index (χ3n) is 3.64. The van der Waals surface area contributed by atoms with Gasteiger partial charge in [0.2, 0.25) is 0 Å². The number of hydrogen-bond acceptors (Lipinski definition) is 1. The van der Waals surface area contributed by atoms with Gasteiger partial charge in [0.25, 0.3) is 0 Å². The SMILES string of the molecule is C1=CCC=C1.[Ru].c1ccc2c(c1)[nH]c1ccccc12.c1ccncc1. The number of fused-ring (bicyclic) bond motifs is 3. The van der Waals surface area contributed by atoms with Gasteiger partial charge < -0.3 is 4.98 Å². The number of nitrogens with one attached hydrogen (secondary N) is 1. The van der Waals surface area contributed by atoms with Crippen molar-refractivity contribution in [2.24, 2.45) is 0 Å². The van der Waals surface area contributed by atoms with Gasteiger partial charge in [-0.05, 0) is 30.7 Å². The quantitative estimate of drug-likeness (QED) is 0.357. The van der Waals surface area contributed by atoms with Crippen LogP contribution < -0.4 is 0 Å². The second-order valence-corrected chi connectivity index (χ2v) is 5.33. The summed E-state index contributed by atoms with van der Waals surface area (Å²) in [4.78, 5) is 7.16. The van der Waals surface area contributed by atoms with E-state index in [2.05, 4.69) is 82.8 Å². The Hall–Kier alpha value is -2.51. The first-order chi connectivity index (χ1) is 11.9. The molecule has 0 saturated carbocycles. The molecule has 0 fully saturated rings. The van der Waals surface area contributed by atoms with Crippen LogP contribution in [0, 0.1) is 0 Å². The molecule has 0 aliphatic heterocycles. The van der Waals surface area contributed by atoms with E-state index in [4.69, 9.17) is 0 Å². The predicted octanol–water partition coefficient (Wildman–Crippen LogP) is 5.90. The van der Waals surface area contributed by atoms with Gasteiger partial charge in [0.1, 0.15) is 0 Å². The summed E-state index contributed by atoms with van der Waals surface area (Å²) in [5.74, 6) is 0. The molecule has 0 unspecified atom stereocenters. The molecule has 5 rings (SSSR count). The van der Waals surface area contributed by atoms with Gasteiger partial charge in [-0.15, -0.1) is 0 Å². The number of para-hydroxylation sites is 2. The van der Waals surface area contributed by atoms with Crippen LogP contribution in [0.2, 0.25) is 0 Å². The molecule has 0 bridgehead atoms. The van der Waals surface area contributed by atoms with Gasteiger partial charge in [0.15, 0.2) is 0 Å². The van der Waals surface area contributed by atoms with Crippen LogP contribution in [0.5, 0.6) is 0 Å². The monoisotopic (exact) mass is 414 g/mol. The van der Waals surface area contributed by atoms with E-state index in [0.717, 1.165) is 6.42 Å². The van der Waals surface area contributed by atoms with Crippen molar-refractivity contribution >= 4 is 21.8 Å². The maximum Gasteiger partial charge on any atom is 0.0464 e. The fraction of sp³-hybridized carbons (Fsp3) is 0.0455. The number of rotatable bonds is 0. The van der Waals surface area contributed by atoms with E-state index >= 15 is 0 Å². The first kappa shape index (κ1) is 18.8. The number of allylic oxidation sites excluding steroid dienone is 4. The predicted molar refractivity (Wildman–Crippen MR) is 103 cm³/mol. The van der Waals surface area contributed by atoms with Crippen molar-refractivity contribution in [2.45, 2.75) is 6.42 Å². The minimum Gasteiger partial charge on any atom is -0.355 e. The number of H-pyrrole nitrogens is 1. The van der Waals surface area contributed by atoms with E-state index in [1.165, 1.54) is 21.8 Å². The standard InChI is InChI=1S/C12H9N.C5H5N.C5H6.Ru/c1-3-7-11-9(5-1)10-6-2-4-8-12(10)13-11;1-2-4-6-5-3-1;1-2-4-5-3-1;/h1-8,13H;1-5H;1-4H,5H2;. The van der Waals surface area contributed by atoms with Gasteiger partial charge in [-0.2, -0.15) is 0 Å². The molecule has 25 heavy (non-hydrogen) atoms. The van der Waals surface area contributed by atoms with Crippen LogP contribution in [0.25, 0.3) is 21.8 Å². The summed E-state index contributed by atoms with van der Waals surface area (Å²) < 4.78 is 0. The molecule has 1 N–H and O–H groups in total. The summed E-state index contributed by atoms with van der Waals surface area (Å²) in [5, 5.41) is 2.61. The number of hydrogen-bond donors (Lipinski definition) is 1. The molecule has 4 aromatic rings. The third kappa shape index (κ3) is 5.51. The molecule has 2 heterocycles. The van der Waals surface area contributed by atoms with Crippen LogP contribution in [0.3, 0.4) is 0 Å². The van der Waals surface area contributed by atoms with Crippen LogP contribution in [0.4, 0.5) is 0 Å². The van der Waals surface area contributed by atoms with Crippen molar-refractivity contribution < 1.29 is 19.5 Å². The second kappa shape index (κ2) is 10.4. The normalized spacial score (nSPS) is 11.2. The van der Waals surface area contributed by atoms with Crippen molar-refractivity contribution in [3.63, 3.8) is 0 Å². The molecular weight excluding hydrogens is 393 g/mol. The Bertz CT molecular complexity index is 853. The Morgan fingerprint density at radius 1 is 0.640 bits per heavy atom. The molecule has 0 saturated heterocycles. The van der Waals surface area contributed by atoms with E-state index in [1.807, 2.05) is 18.2 Å². The van der Waals surface area contributed by atoms with E-state index in [9.17, 15) is 0 Å². The molecule has 0 spiro atoms. The summed E-state index contributed by atoms with van der Waals surface area (Å²) in [6, 6.07) is 22.5. The topological polar surface area (TPSA) is 28.7 Å². The average Bonchev–Trinajstić information content (AvgIpc) is 3.35. The fourth-order valence-corrected chi connectivity index (χ4v) is 2.50. The molecule has 1 aliphatic carbocycles. The van der Waals surface area contributed by atoms with Crippen LogP contribution in [-0.4, -0.2) is 9.97 Å². The van der Waals surface area contributed by atoms with E-state index in [1.54, 1.807) is 12.4 Å². The fourth-order valence-electron chi connectivity index (χ4n) is 2.50. The zero-order chi connectivity index (χ0) is 16.5.